The van der Waals surface area contributed by atoms with Gasteiger partial charge in [-0.3, -0.25) is 4.79 Å². The smallest absolute Gasteiger partial charge is 0.235 e. The molecule has 1 atom stereocenters. The highest BCUT2D eigenvalue weighted by Crippen LogP contribution is 2.38. The Labute approximate surface area is 112 Å². The van der Waals surface area contributed by atoms with Gasteiger partial charge in [-0.1, -0.05) is 40.5 Å². The van der Waals surface area contributed by atoms with Crippen LogP contribution in [0, 0.1) is 11.3 Å². The third-order valence-electron chi connectivity index (χ3n) is 4.52. The van der Waals surface area contributed by atoms with E-state index in [1.165, 1.54) is 12.8 Å². The van der Waals surface area contributed by atoms with Gasteiger partial charge in [0.25, 0.3) is 0 Å². The number of carbonyl (C=O) groups excluding carboxylic acids is 1. The van der Waals surface area contributed by atoms with Crippen LogP contribution in [0.15, 0.2) is 0 Å². The maximum absolute atomic E-state index is 12.2. The lowest BCUT2D eigenvalue weighted by Gasteiger charge is -2.41. The van der Waals surface area contributed by atoms with Crippen LogP contribution < -0.4 is 0 Å². The van der Waals surface area contributed by atoms with Crippen LogP contribution in [0.2, 0.25) is 0 Å². The van der Waals surface area contributed by atoms with Gasteiger partial charge in [0.15, 0.2) is 0 Å². The lowest BCUT2D eigenvalue weighted by atomic mass is 9.74. The Bertz CT molecular complexity index is 251. The highest BCUT2D eigenvalue weighted by atomic mass is 32.1. The fourth-order valence-electron chi connectivity index (χ4n) is 2.63. The van der Waals surface area contributed by atoms with Crippen LogP contribution in [-0.4, -0.2) is 29.1 Å². The molecule has 1 aliphatic heterocycles. The fraction of sp³-hybridized carbons (Fsp3) is 0.929. The minimum atomic E-state index is -0.134. The summed E-state index contributed by atoms with van der Waals surface area (Å²) in [7, 11) is 0. The maximum atomic E-state index is 12.2. The molecule has 1 heterocycles. The van der Waals surface area contributed by atoms with Crippen molar-refractivity contribution in [3.8, 4) is 0 Å². The SMILES string of the molecule is CCC1(CC)CCN(C(=O)C(S)C(C)C)CC1. The van der Waals surface area contributed by atoms with Crippen LogP contribution in [0.3, 0.4) is 0 Å². The summed E-state index contributed by atoms with van der Waals surface area (Å²) in [6, 6.07) is 0. The number of hydrogen-bond acceptors (Lipinski definition) is 2. The van der Waals surface area contributed by atoms with E-state index in [2.05, 4.69) is 40.3 Å². The molecule has 0 radical (unpaired) electrons. The van der Waals surface area contributed by atoms with Crippen LogP contribution >= 0.6 is 12.6 Å². The lowest BCUT2D eigenvalue weighted by Crippen LogP contribution is -2.46. The van der Waals surface area contributed by atoms with Crippen LogP contribution in [-0.2, 0) is 4.79 Å². The van der Waals surface area contributed by atoms with E-state index in [1.807, 2.05) is 4.90 Å². The number of piperidine rings is 1. The topological polar surface area (TPSA) is 20.3 Å². The second-order valence-electron chi connectivity index (χ2n) is 5.72. The normalized spacial score (nSPS) is 21.6. The molecule has 0 saturated carbocycles. The van der Waals surface area contributed by atoms with Gasteiger partial charge in [0, 0.05) is 13.1 Å². The van der Waals surface area contributed by atoms with Gasteiger partial charge < -0.3 is 4.90 Å². The second-order valence-corrected chi connectivity index (χ2v) is 6.28. The molecule has 2 nitrogen and oxygen atoms in total. The van der Waals surface area contributed by atoms with E-state index in [4.69, 9.17) is 0 Å². The Kier molecular flexibility index (Phi) is 5.36. The summed E-state index contributed by atoms with van der Waals surface area (Å²) in [4.78, 5) is 14.2. The Morgan fingerprint density at radius 2 is 1.71 bits per heavy atom. The van der Waals surface area contributed by atoms with Crippen molar-refractivity contribution in [3.05, 3.63) is 0 Å². The molecule has 0 aromatic carbocycles. The molecular formula is C14H27NOS. The average molecular weight is 257 g/mol. The van der Waals surface area contributed by atoms with Gasteiger partial charge in [-0.2, -0.15) is 12.6 Å². The van der Waals surface area contributed by atoms with E-state index in [0.29, 0.717) is 11.3 Å². The first kappa shape index (κ1) is 14.9. The van der Waals surface area contributed by atoms with Crippen molar-refractivity contribution in [1.29, 1.82) is 0 Å². The largest absolute Gasteiger partial charge is 0.342 e. The first-order chi connectivity index (χ1) is 7.95. The zero-order chi connectivity index (χ0) is 13.1. The van der Waals surface area contributed by atoms with Crippen LogP contribution in [0.5, 0.6) is 0 Å². The molecule has 1 fully saturated rings. The molecule has 0 aliphatic carbocycles. The number of amides is 1. The molecule has 0 bridgehead atoms. The van der Waals surface area contributed by atoms with Crippen molar-refractivity contribution in [3.63, 3.8) is 0 Å². The van der Waals surface area contributed by atoms with Crippen molar-refractivity contribution in [1.82, 2.24) is 4.90 Å². The molecule has 0 aromatic heterocycles. The Morgan fingerprint density at radius 3 is 2.06 bits per heavy atom. The molecule has 3 heteroatoms. The molecule has 1 aliphatic rings. The molecule has 100 valence electrons. The summed E-state index contributed by atoms with van der Waals surface area (Å²) in [5.74, 6) is 0.541. The van der Waals surface area contributed by atoms with E-state index >= 15 is 0 Å². The Hall–Kier alpha value is -0.180. The second kappa shape index (κ2) is 6.12. The summed E-state index contributed by atoms with van der Waals surface area (Å²) in [6.45, 7) is 10.5. The minimum Gasteiger partial charge on any atom is -0.342 e. The molecule has 1 rings (SSSR count). The zero-order valence-corrected chi connectivity index (χ0v) is 12.6. The van der Waals surface area contributed by atoms with E-state index in [0.717, 1.165) is 25.9 Å². The van der Waals surface area contributed by atoms with Gasteiger partial charge in [-0.15, -0.1) is 0 Å². The molecular weight excluding hydrogens is 230 g/mol. The summed E-state index contributed by atoms with van der Waals surface area (Å²) in [6.07, 6.45) is 4.79. The zero-order valence-electron chi connectivity index (χ0n) is 11.7. The minimum absolute atomic E-state index is 0.134. The monoisotopic (exact) mass is 257 g/mol. The number of nitrogens with zero attached hydrogens (tertiary/aromatic N) is 1. The number of hydrogen-bond donors (Lipinski definition) is 1. The third-order valence-corrected chi connectivity index (χ3v) is 5.34. The van der Waals surface area contributed by atoms with Crippen molar-refractivity contribution >= 4 is 18.5 Å². The van der Waals surface area contributed by atoms with Gasteiger partial charge >= 0.3 is 0 Å². The van der Waals surface area contributed by atoms with Gasteiger partial charge in [-0.05, 0) is 24.2 Å². The molecule has 1 saturated heterocycles. The van der Waals surface area contributed by atoms with Gasteiger partial charge in [0.2, 0.25) is 5.91 Å². The highest BCUT2D eigenvalue weighted by molar-refractivity contribution is 7.81. The number of thiol groups is 1. The molecule has 1 unspecified atom stereocenters. The highest BCUT2D eigenvalue weighted by Gasteiger charge is 2.34. The van der Waals surface area contributed by atoms with Gasteiger partial charge in [-0.25, -0.2) is 0 Å². The van der Waals surface area contributed by atoms with Crippen molar-refractivity contribution in [2.45, 2.75) is 58.6 Å². The number of rotatable bonds is 4. The predicted molar refractivity (Wildman–Crippen MR) is 76.4 cm³/mol. The number of likely N-dealkylation sites (tertiary alicyclic amines) is 1. The summed E-state index contributed by atoms with van der Waals surface area (Å²) in [5, 5.41) is -0.134. The van der Waals surface area contributed by atoms with E-state index < -0.39 is 0 Å². The molecule has 0 aromatic rings. The summed E-state index contributed by atoms with van der Waals surface area (Å²) >= 11 is 4.43. The third kappa shape index (κ3) is 3.40. The Balaban J connectivity index is 2.55. The molecule has 0 N–H and O–H groups in total. The van der Waals surface area contributed by atoms with E-state index in [1.54, 1.807) is 0 Å². The van der Waals surface area contributed by atoms with E-state index in [-0.39, 0.29) is 11.2 Å². The average Bonchev–Trinajstić information content (AvgIpc) is 2.37. The maximum Gasteiger partial charge on any atom is 0.235 e. The lowest BCUT2D eigenvalue weighted by molar-refractivity contribution is -0.133. The van der Waals surface area contributed by atoms with Crippen LogP contribution in [0.25, 0.3) is 0 Å². The van der Waals surface area contributed by atoms with Crippen molar-refractivity contribution in [2.75, 3.05) is 13.1 Å². The first-order valence-corrected chi connectivity index (χ1v) is 7.44. The van der Waals surface area contributed by atoms with Crippen molar-refractivity contribution < 1.29 is 4.79 Å². The van der Waals surface area contributed by atoms with Gasteiger partial charge in [0.1, 0.15) is 0 Å². The van der Waals surface area contributed by atoms with Crippen molar-refractivity contribution in [2.24, 2.45) is 11.3 Å². The summed E-state index contributed by atoms with van der Waals surface area (Å²) in [5.41, 5.74) is 0.487. The van der Waals surface area contributed by atoms with Gasteiger partial charge in [0.05, 0.1) is 5.25 Å². The predicted octanol–water partition coefficient (Wildman–Crippen LogP) is 3.37. The molecule has 0 spiro atoms. The first-order valence-electron chi connectivity index (χ1n) is 6.92. The Morgan fingerprint density at radius 1 is 1.24 bits per heavy atom. The molecule has 17 heavy (non-hydrogen) atoms. The quantitative estimate of drug-likeness (QED) is 0.766. The standard InChI is InChI=1S/C14H27NOS/c1-5-14(6-2)7-9-15(10-8-14)13(16)12(17)11(3)4/h11-12,17H,5-10H2,1-4H3. The van der Waals surface area contributed by atoms with E-state index in [9.17, 15) is 4.79 Å². The van der Waals surface area contributed by atoms with Crippen LogP contribution in [0.4, 0.5) is 0 Å². The summed E-state index contributed by atoms with van der Waals surface area (Å²) < 4.78 is 0. The van der Waals surface area contributed by atoms with Crippen LogP contribution in [0.1, 0.15) is 53.4 Å². The number of carbonyl (C=O) groups is 1. The molecule has 1 amide bonds. The fourth-order valence-corrected chi connectivity index (χ4v) is 2.79.